The van der Waals surface area contributed by atoms with Gasteiger partial charge in [-0.3, -0.25) is 14.4 Å². The first-order valence-electron chi connectivity index (χ1n) is 17.2. The zero-order valence-corrected chi connectivity index (χ0v) is 28.3. The van der Waals surface area contributed by atoms with Gasteiger partial charge in [0, 0.05) is 0 Å². The van der Waals surface area contributed by atoms with Crippen molar-refractivity contribution in [2.24, 2.45) is 17.8 Å². The van der Waals surface area contributed by atoms with Crippen LogP contribution in [0.5, 0.6) is 0 Å². The predicted molar refractivity (Wildman–Crippen MR) is 163 cm³/mol. The lowest BCUT2D eigenvalue weighted by atomic mass is 9.83. The summed E-state index contributed by atoms with van der Waals surface area (Å²) in [7, 11) is 0. The third-order valence-corrected chi connectivity index (χ3v) is 10.7. The van der Waals surface area contributed by atoms with E-state index in [2.05, 4.69) is 20.8 Å². The van der Waals surface area contributed by atoms with Gasteiger partial charge in [-0.2, -0.15) is 0 Å². The average molecular weight is 655 g/mol. The van der Waals surface area contributed by atoms with E-state index in [0.717, 1.165) is 32.1 Å². The molecule has 9 unspecified atom stereocenters. The van der Waals surface area contributed by atoms with E-state index in [4.69, 9.17) is 42.6 Å². The molecule has 0 aromatic rings. The van der Waals surface area contributed by atoms with Crippen LogP contribution in [0.2, 0.25) is 0 Å². The summed E-state index contributed by atoms with van der Waals surface area (Å²) >= 11 is 0. The van der Waals surface area contributed by atoms with E-state index in [9.17, 15) is 14.4 Å². The molecule has 5 rings (SSSR count). The lowest BCUT2D eigenvalue weighted by Gasteiger charge is -2.22. The van der Waals surface area contributed by atoms with Crippen molar-refractivity contribution in [3.63, 3.8) is 0 Å². The van der Waals surface area contributed by atoms with Gasteiger partial charge in [0.2, 0.25) is 0 Å². The van der Waals surface area contributed by atoms with E-state index in [1.54, 1.807) is 0 Å². The van der Waals surface area contributed by atoms with Crippen molar-refractivity contribution < 1.29 is 57.0 Å². The van der Waals surface area contributed by atoms with Gasteiger partial charge in [-0.15, -0.1) is 0 Å². The Morgan fingerprint density at radius 1 is 0.739 bits per heavy atom. The molecule has 3 heterocycles. The molecule has 0 radical (unpaired) electrons. The normalized spacial score (nSPS) is 36.8. The summed E-state index contributed by atoms with van der Waals surface area (Å²) in [5.41, 5.74) is -0.210. The molecule has 3 saturated heterocycles. The van der Waals surface area contributed by atoms with Crippen molar-refractivity contribution in [2.75, 3.05) is 52.9 Å². The van der Waals surface area contributed by atoms with Crippen LogP contribution in [0, 0.1) is 17.8 Å². The number of rotatable bonds is 20. The van der Waals surface area contributed by atoms with Crippen LogP contribution in [-0.2, 0) is 57.0 Å². The predicted octanol–water partition coefficient (Wildman–Crippen LogP) is 3.54. The van der Waals surface area contributed by atoms with Gasteiger partial charge in [0.05, 0.1) is 85.9 Å². The van der Waals surface area contributed by atoms with E-state index in [-0.39, 0.29) is 124 Å². The van der Waals surface area contributed by atoms with Crippen LogP contribution in [0.3, 0.4) is 0 Å². The van der Waals surface area contributed by atoms with Gasteiger partial charge in [0.1, 0.15) is 25.9 Å². The van der Waals surface area contributed by atoms with E-state index < -0.39 is 6.10 Å². The number of esters is 3. The van der Waals surface area contributed by atoms with Gasteiger partial charge in [0.25, 0.3) is 0 Å². The summed E-state index contributed by atoms with van der Waals surface area (Å²) in [5.74, 6) is -1.16. The van der Waals surface area contributed by atoms with E-state index in [0.29, 0.717) is 19.3 Å². The molecule has 12 heteroatoms. The lowest BCUT2D eigenvalue weighted by molar-refractivity contribution is -0.155. The maximum Gasteiger partial charge on any atom is 0.309 e. The van der Waals surface area contributed by atoms with E-state index in [1.807, 2.05) is 13.8 Å². The maximum atomic E-state index is 12.5. The highest BCUT2D eigenvalue weighted by molar-refractivity contribution is 5.73. The molecule has 0 aromatic carbocycles. The number of hydrogen-bond acceptors (Lipinski definition) is 12. The largest absolute Gasteiger partial charge is 0.463 e. The number of epoxide rings is 3. The Morgan fingerprint density at radius 2 is 1.24 bits per heavy atom. The zero-order chi connectivity index (χ0) is 33.0. The third-order valence-electron chi connectivity index (χ3n) is 10.7. The van der Waals surface area contributed by atoms with Crippen LogP contribution < -0.4 is 0 Å². The van der Waals surface area contributed by atoms with Crippen LogP contribution in [0.15, 0.2) is 0 Å². The first-order valence-corrected chi connectivity index (χ1v) is 17.2. The topological polar surface area (TPSA) is 144 Å². The third kappa shape index (κ3) is 9.63. The molecule has 12 nitrogen and oxygen atoms in total. The second-order valence-electron chi connectivity index (χ2n) is 14.4. The fraction of sp³-hybridized carbons (Fsp3) is 0.912. The number of fused-ring (bicyclic) bond motifs is 2. The fourth-order valence-corrected chi connectivity index (χ4v) is 6.68. The summed E-state index contributed by atoms with van der Waals surface area (Å²) in [6.45, 7) is 11.5. The number of carbonyl (C=O) groups excluding carboxylic acids is 3. The fourth-order valence-electron chi connectivity index (χ4n) is 6.68. The van der Waals surface area contributed by atoms with Gasteiger partial charge >= 0.3 is 17.9 Å². The van der Waals surface area contributed by atoms with Gasteiger partial charge in [-0.25, -0.2) is 0 Å². The van der Waals surface area contributed by atoms with Crippen LogP contribution in [0.1, 0.15) is 86.0 Å². The summed E-state index contributed by atoms with van der Waals surface area (Å²) in [4.78, 5) is 37.4. The molecule has 3 aliphatic heterocycles. The number of ether oxygens (including phenoxy) is 9. The standard InChI is InChI=1S/C34H54O12/c1-22(6-9-32(3)23(2)44-32)29(35)41-17-16-40-26(20-38-12-14-42-30(36)24-7-10-33(4)27(18-24)45-33)21-39-13-15-43-31(37)25-8-11-34(5)28(19-25)46-34/h22-28H,6-21H2,1-5H3. The van der Waals surface area contributed by atoms with Crippen LogP contribution in [0.4, 0.5) is 0 Å². The van der Waals surface area contributed by atoms with E-state index in [1.165, 1.54) is 0 Å². The smallest absolute Gasteiger partial charge is 0.309 e. The molecule has 5 aliphatic rings. The van der Waals surface area contributed by atoms with E-state index >= 15 is 0 Å². The van der Waals surface area contributed by atoms with Crippen molar-refractivity contribution in [3.8, 4) is 0 Å². The average Bonchev–Trinajstić information content (AvgIpc) is 3.97. The molecule has 46 heavy (non-hydrogen) atoms. The molecule has 9 atom stereocenters. The molecule has 0 aromatic heterocycles. The molecule has 0 N–H and O–H groups in total. The highest BCUT2D eigenvalue weighted by atomic mass is 16.6. The molecule has 262 valence electrons. The molecule has 0 spiro atoms. The maximum absolute atomic E-state index is 12.5. The van der Waals surface area contributed by atoms with Gasteiger partial charge in [0.15, 0.2) is 0 Å². The van der Waals surface area contributed by atoms with Crippen molar-refractivity contribution >= 4 is 17.9 Å². The van der Waals surface area contributed by atoms with Gasteiger partial charge < -0.3 is 42.6 Å². The minimum Gasteiger partial charge on any atom is -0.463 e. The highest BCUT2D eigenvalue weighted by Gasteiger charge is 2.57. The first kappa shape index (κ1) is 35.5. The summed E-state index contributed by atoms with van der Waals surface area (Å²) < 4.78 is 50.7. The SMILES string of the molecule is CC(CCC1(C)OC1C)C(=O)OCCOC(COCCOC(=O)C1CCC2(C)OC2C1)COCCOC(=O)C1CCC2(C)OC2C1. The minimum atomic E-state index is -0.456. The molecular formula is C34H54O12. The Morgan fingerprint density at radius 3 is 1.72 bits per heavy atom. The Labute approximate surface area is 272 Å². The second-order valence-corrected chi connectivity index (χ2v) is 14.4. The first-order chi connectivity index (χ1) is 21.9. The van der Waals surface area contributed by atoms with Crippen LogP contribution >= 0.6 is 0 Å². The van der Waals surface area contributed by atoms with Gasteiger partial charge in [-0.1, -0.05) is 6.92 Å². The quantitative estimate of drug-likeness (QED) is 0.0820. The van der Waals surface area contributed by atoms with Crippen molar-refractivity contribution in [1.82, 2.24) is 0 Å². The Bertz CT molecular complexity index is 1010. The molecule has 2 aliphatic carbocycles. The molecule has 2 saturated carbocycles. The van der Waals surface area contributed by atoms with Crippen molar-refractivity contribution in [2.45, 2.75) is 127 Å². The van der Waals surface area contributed by atoms with Crippen molar-refractivity contribution in [1.29, 1.82) is 0 Å². The molecule has 0 bridgehead atoms. The lowest BCUT2D eigenvalue weighted by Crippen LogP contribution is -2.31. The summed E-state index contributed by atoms with van der Waals surface area (Å²) in [6, 6.07) is 0. The highest BCUT2D eigenvalue weighted by Crippen LogP contribution is 2.50. The number of carbonyl (C=O) groups is 3. The Hall–Kier alpha value is -1.83. The van der Waals surface area contributed by atoms with Crippen molar-refractivity contribution in [3.05, 3.63) is 0 Å². The summed E-state index contributed by atoms with van der Waals surface area (Å²) in [6.07, 6.45) is 6.35. The van der Waals surface area contributed by atoms with Gasteiger partial charge in [-0.05, 0) is 79.1 Å². The molecule has 0 amide bonds. The molecule has 5 fully saturated rings. The second kappa shape index (κ2) is 15.2. The minimum absolute atomic E-state index is 0.0400. The van der Waals surface area contributed by atoms with Crippen LogP contribution in [-0.4, -0.2) is 112 Å². The Balaban J connectivity index is 0.956. The summed E-state index contributed by atoms with van der Waals surface area (Å²) in [5, 5.41) is 0. The Kier molecular flexibility index (Phi) is 11.7. The monoisotopic (exact) mass is 654 g/mol. The zero-order valence-electron chi connectivity index (χ0n) is 28.3. The number of hydrogen-bond donors (Lipinski definition) is 0. The molecular weight excluding hydrogens is 600 g/mol. The van der Waals surface area contributed by atoms with Crippen LogP contribution in [0.25, 0.3) is 0 Å².